The number of hydrogen-bond donors (Lipinski definition) is 2. The number of nitrogens with two attached hydrogens (primary N) is 1. The highest BCUT2D eigenvalue weighted by Gasteiger charge is 2.31. The zero-order valence-corrected chi connectivity index (χ0v) is 17.7. The molecule has 3 N–H and O–H groups in total. The van der Waals surface area contributed by atoms with Crippen LogP contribution < -0.4 is 10.5 Å². The number of hydrogen-bond acceptors (Lipinski definition) is 5. The van der Waals surface area contributed by atoms with Crippen molar-refractivity contribution in [2.75, 3.05) is 0 Å². The minimum Gasteiger partial charge on any atom is -0.507 e. The van der Waals surface area contributed by atoms with Crippen molar-refractivity contribution in [3.05, 3.63) is 98.2 Å². The molecule has 0 aliphatic carbocycles. The van der Waals surface area contributed by atoms with Crippen LogP contribution in [0.5, 0.6) is 11.5 Å². The molecule has 0 fully saturated rings. The van der Waals surface area contributed by atoms with E-state index in [1.807, 2.05) is 24.3 Å². The molecule has 1 unspecified atom stereocenters. The van der Waals surface area contributed by atoms with Crippen LogP contribution in [0.4, 0.5) is 10.1 Å². The first-order valence-corrected chi connectivity index (χ1v) is 10.0. The van der Waals surface area contributed by atoms with E-state index >= 15 is 0 Å². The van der Waals surface area contributed by atoms with Gasteiger partial charge in [-0.25, -0.2) is 4.39 Å². The molecule has 1 atom stereocenters. The third kappa shape index (κ3) is 3.86. The molecule has 0 saturated carbocycles. The van der Waals surface area contributed by atoms with Crippen molar-refractivity contribution in [2.24, 2.45) is 10.7 Å². The monoisotopic (exact) mass is 511 g/mol. The number of phenols is 1. The van der Waals surface area contributed by atoms with E-state index in [2.05, 4.69) is 33.7 Å². The van der Waals surface area contributed by atoms with Gasteiger partial charge in [0.15, 0.2) is 0 Å². The van der Waals surface area contributed by atoms with Crippen molar-refractivity contribution in [3.8, 4) is 17.6 Å². The number of nitrogens with zero attached hydrogens (tertiary/aromatic N) is 2. The molecular weight excluding hydrogens is 496 g/mol. The largest absolute Gasteiger partial charge is 0.507 e. The van der Waals surface area contributed by atoms with Gasteiger partial charge in [-0.05, 0) is 64.6 Å². The van der Waals surface area contributed by atoms with E-state index in [1.165, 1.54) is 24.4 Å². The molecule has 0 saturated heterocycles. The van der Waals surface area contributed by atoms with Crippen LogP contribution in [0.3, 0.4) is 0 Å². The van der Waals surface area contributed by atoms with Gasteiger partial charge in [0.1, 0.15) is 29.0 Å². The number of rotatable bonds is 3. The van der Waals surface area contributed by atoms with E-state index < -0.39 is 11.7 Å². The summed E-state index contributed by atoms with van der Waals surface area (Å²) in [6.07, 6.45) is 1.45. The number of benzene rings is 3. The second kappa shape index (κ2) is 8.16. The Morgan fingerprint density at radius 2 is 1.97 bits per heavy atom. The Morgan fingerprint density at radius 1 is 1.17 bits per heavy atom. The van der Waals surface area contributed by atoms with Crippen LogP contribution in [0.15, 0.2) is 77.1 Å². The first kappa shape index (κ1) is 19.9. The molecular formula is C23H15FIN3O2. The Bertz CT molecular complexity index is 1250. The number of phenolic OH excluding ortho intramolecular Hbond substituents is 1. The quantitative estimate of drug-likeness (QED) is 0.378. The summed E-state index contributed by atoms with van der Waals surface area (Å²) in [6.45, 7) is 0. The van der Waals surface area contributed by atoms with E-state index in [0.29, 0.717) is 28.1 Å². The summed E-state index contributed by atoms with van der Waals surface area (Å²) in [4.78, 5) is 4.24. The highest BCUT2D eigenvalue weighted by molar-refractivity contribution is 14.1. The topological polar surface area (TPSA) is 91.6 Å². The second-order valence-corrected chi connectivity index (χ2v) is 7.91. The number of halogens is 2. The molecule has 30 heavy (non-hydrogen) atoms. The smallest absolute Gasteiger partial charge is 0.205 e. The van der Waals surface area contributed by atoms with E-state index in [0.717, 1.165) is 9.13 Å². The normalized spacial score (nSPS) is 15.6. The van der Waals surface area contributed by atoms with Crippen LogP contribution in [0.2, 0.25) is 0 Å². The van der Waals surface area contributed by atoms with E-state index in [4.69, 9.17) is 10.5 Å². The van der Waals surface area contributed by atoms with E-state index in [1.54, 1.807) is 18.2 Å². The summed E-state index contributed by atoms with van der Waals surface area (Å²) in [7, 11) is 0. The molecule has 7 heteroatoms. The van der Waals surface area contributed by atoms with Gasteiger partial charge in [-0.1, -0.05) is 18.2 Å². The molecule has 4 rings (SSSR count). The molecule has 1 aliphatic heterocycles. The Kier molecular flexibility index (Phi) is 5.42. The molecule has 0 amide bonds. The number of ether oxygens (including phenoxy) is 1. The fourth-order valence-electron chi connectivity index (χ4n) is 3.34. The zero-order chi connectivity index (χ0) is 21.3. The lowest BCUT2D eigenvalue weighted by atomic mass is 9.83. The minimum absolute atomic E-state index is 0.00874. The molecule has 0 radical (unpaired) electrons. The lowest BCUT2D eigenvalue weighted by Gasteiger charge is -2.27. The highest BCUT2D eigenvalue weighted by atomic mass is 127. The van der Waals surface area contributed by atoms with Crippen molar-refractivity contribution in [2.45, 2.75) is 5.92 Å². The number of fused-ring (bicyclic) bond motifs is 1. The van der Waals surface area contributed by atoms with E-state index in [9.17, 15) is 14.8 Å². The molecule has 5 nitrogen and oxygen atoms in total. The van der Waals surface area contributed by atoms with Gasteiger partial charge in [-0.15, -0.1) is 0 Å². The Balaban J connectivity index is 1.83. The second-order valence-electron chi connectivity index (χ2n) is 6.67. The Hall–Kier alpha value is -3.38. The summed E-state index contributed by atoms with van der Waals surface area (Å²) in [5, 5.41) is 20.2. The standard InChI is InChI=1S/C23H15FIN3O2/c24-15-4-2-6-17(9-15)28-12-14-8-18-21(10-20(14)29)30-23(27)19(11-26)22(18)13-3-1-5-16(25)7-13/h1-10,12,22,29H,27H2. The fraction of sp³-hybridized carbons (Fsp3) is 0.0435. The minimum atomic E-state index is -0.449. The van der Waals surface area contributed by atoms with E-state index in [-0.39, 0.29) is 11.6 Å². The van der Waals surface area contributed by atoms with Crippen LogP contribution in [-0.2, 0) is 0 Å². The summed E-state index contributed by atoms with van der Waals surface area (Å²) < 4.78 is 20.0. The molecule has 0 aromatic heterocycles. The Labute approximate surface area is 186 Å². The van der Waals surface area contributed by atoms with Gasteiger partial charge in [-0.2, -0.15) is 5.26 Å². The van der Waals surface area contributed by atoms with Crippen molar-refractivity contribution in [1.82, 2.24) is 0 Å². The third-order valence-corrected chi connectivity index (χ3v) is 5.38. The first-order valence-electron chi connectivity index (χ1n) is 8.96. The molecule has 148 valence electrons. The SMILES string of the molecule is N#CC1=C(N)Oc2cc(O)c(C=Nc3cccc(F)c3)cc2C1c1cccc(I)c1. The molecule has 1 aliphatic rings. The van der Waals surface area contributed by atoms with Crippen molar-refractivity contribution >= 4 is 34.5 Å². The fourth-order valence-corrected chi connectivity index (χ4v) is 3.91. The Morgan fingerprint density at radius 3 is 2.70 bits per heavy atom. The predicted molar refractivity (Wildman–Crippen MR) is 120 cm³/mol. The zero-order valence-electron chi connectivity index (χ0n) is 15.5. The molecule has 0 spiro atoms. The van der Waals surface area contributed by atoms with Crippen LogP contribution in [0, 0.1) is 20.7 Å². The van der Waals surface area contributed by atoms with Crippen molar-refractivity contribution in [1.29, 1.82) is 5.26 Å². The van der Waals surface area contributed by atoms with Crippen molar-refractivity contribution < 1.29 is 14.2 Å². The lowest BCUT2D eigenvalue weighted by Crippen LogP contribution is -2.21. The average Bonchev–Trinajstić information content (AvgIpc) is 2.71. The van der Waals surface area contributed by atoms with Gasteiger partial charge in [0.2, 0.25) is 5.88 Å². The van der Waals surface area contributed by atoms with Crippen LogP contribution in [-0.4, -0.2) is 11.3 Å². The van der Waals surface area contributed by atoms with Crippen LogP contribution >= 0.6 is 22.6 Å². The highest BCUT2D eigenvalue weighted by Crippen LogP contribution is 2.44. The molecule has 3 aromatic rings. The predicted octanol–water partition coefficient (Wildman–Crippen LogP) is 5.10. The first-order chi connectivity index (χ1) is 14.5. The number of nitriles is 1. The average molecular weight is 511 g/mol. The third-order valence-electron chi connectivity index (χ3n) is 4.71. The van der Waals surface area contributed by atoms with Crippen LogP contribution in [0.1, 0.15) is 22.6 Å². The number of aromatic hydroxyl groups is 1. The van der Waals surface area contributed by atoms with Crippen LogP contribution in [0.25, 0.3) is 0 Å². The van der Waals surface area contributed by atoms with Gasteiger partial charge in [0, 0.05) is 27.0 Å². The molecule has 1 heterocycles. The summed E-state index contributed by atoms with van der Waals surface area (Å²) in [6, 6.07) is 18.9. The summed E-state index contributed by atoms with van der Waals surface area (Å²) in [5.41, 5.74) is 8.68. The van der Waals surface area contributed by atoms with Gasteiger partial charge in [0.05, 0.1) is 11.6 Å². The maximum atomic E-state index is 13.4. The number of aliphatic imine (C=N–C) groups is 1. The summed E-state index contributed by atoms with van der Waals surface area (Å²) in [5.74, 6) is -0.533. The maximum Gasteiger partial charge on any atom is 0.205 e. The lowest BCUT2D eigenvalue weighted by molar-refractivity contribution is 0.388. The summed E-state index contributed by atoms with van der Waals surface area (Å²) >= 11 is 2.21. The van der Waals surface area contributed by atoms with Crippen molar-refractivity contribution in [3.63, 3.8) is 0 Å². The molecule has 3 aromatic carbocycles. The number of allylic oxidation sites excluding steroid dienone is 1. The molecule has 0 bridgehead atoms. The van der Waals surface area contributed by atoms with Gasteiger partial charge in [-0.3, -0.25) is 4.99 Å². The van der Waals surface area contributed by atoms with Gasteiger partial charge >= 0.3 is 0 Å². The van der Waals surface area contributed by atoms with Gasteiger partial charge in [0.25, 0.3) is 0 Å². The van der Waals surface area contributed by atoms with Gasteiger partial charge < -0.3 is 15.6 Å². The maximum absolute atomic E-state index is 13.4.